The molecular formula is C16H23NO3. The molecule has 0 aromatic heterocycles. The lowest BCUT2D eigenvalue weighted by molar-refractivity contribution is -0.145. The molecule has 0 aromatic rings. The fraction of sp³-hybridized carbons (Fsp3) is 0.812. The summed E-state index contributed by atoms with van der Waals surface area (Å²) in [5.41, 5.74) is -1.48. The number of ketones is 2. The molecule has 1 saturated heterocycles. The van der Waals surface area contributed by atoms with Crippen molar-refractivity contribution in [3.63, 3.8) is 0 Å². The fourth-order valence-electron chi connectivity index (χ4n) is 3.03. The first-order chi connectivity index (χ1) is 9.24. The van der Waals surface area contributed by atoms with Crippen molar-refractivity contribution in [1.29, 1.82) is 5.26 Å². The SMILES string of the molecule is CC(C)C(=O)C1CCC(C(C)(C)C(=O)C2(C#N)CC2)O1. The molecule has 20 heavy (non-hydrogen) atoms. The van der Waals surface area contributed by atoms with Gasteiger partial charge in [0.1, 0.15) is 11.5 Å². The van der Waals surface area contributed by atoms with E-state index in [-0.39, 0.29) is 29.7 Å². The molecule has 0 N–H and O–H groups in total. The van der Waals surface area contributed by atoms with Crippen LogP contribution >= 0.6 is 0 Å². The summed E-state index contributed by atoms with van der Waals surface area (Å²) < 4.78 is 5.86. The van der Waals surface area contributed by atoms with Crippen molar-refractivity contribution >= 4 is 11.6 Å². The highest BCUT2D eigenvalue weighted by molar-refractivity contribution is 5.95. The van der Waals surface area contributed by atoms with Gasteiger partial charge in [-0.15, -0.1) is 0 Å². The van der Waals surface area contributed by atoms with Crippen LogP contribution < -0.4 is 0 Å². The minimum atomic E-state index is -0.785. The van der Waals surface area contributed by atoms with Gasteiger partial charge in [-0.05, 0) is 25.7 Å². The molecule has 0 radical (unpaired) electrons. The lowest BCUT2D eigenvalue weighted by Gasteiger charge is -2.31. The summed E-state index contributed by atoms with van der Waals surface area (Å²) in [5.74, 6) is 0.0405. The second-order valence-corrected chi connectivity index (χ2v) is 6.99. The second kappa shape index (κ2) is 4.96. The zero-order valence-electron chi connectivity index (χ0n) is 12.7. The Bertz CT molecular complexity index is 469. The average molecular weight is 277 g/mol. The Morgan fingerprint density at radius 1 is 1.30 bits per heavy atom. The molecular weight excluding hydrogens is 254 g/mol. The third-order valence-electron chi connectivity index (χ3n) is 4.69. The molecule has 1 aliphatic heterocycles. The number of nitriles is 1. The van der Waals surface area contributed by atoms with Gasteiger partial charge in [-0.1, -0.05) is 27.7 Å². The average Bonchev–Trinajstić information content (AvgIpc) is 3.04. The minimum Gasteiger partial charge on any atom is -0.366 e. The van der Waals surface area contributed by atoms with E-state index in [9.17, 15) is 14.9 Å². The maximum Gasteiger partial charge on any atom is 0.164 e. The Morgan fingerprint density at radius 3 is 2.35 bits per heavy atom. The van der Waals surface area contributed by atoms with Crippen LogP contribution in [0.15, 0.2) is 0 Å². The van der Waals surface area contributed by atoms with E-state index in [4.69, 9.17) is 4.74 Å². The normalized spacial score (nSPS) is 28.2. The highest BCUT2D eigenvalue weighted by Gasteiger charge is 2.58. The summed E-state index contributed by atoms with van der Waals surface area (Å²) in [6.07, 6.45) is 2.07. The molecule has 0 bridgehead atoms. The molecule has 0 spiro atoms. The zero-order valence-corrected chi connectivity index (χ0v) is 12.7. The highest BCUT2D eigenvalue weighted by atomic mass is 16.5. The summed E-state index contributed by atoms with van der Waals surface area (Å²) >= 11 is 0. The summed E-state index contributed by atoms with van der Waals surface area (Å²) in [6, 6.07) is 2.16. The number of hydrogen-bond acceptors (Lipinski definition) is 4. The van der Waals surface area contributed by atoms with E-state index < -0.39 is 10.8 Å². The van der Waals surface area contributed by atoms with Gasteiger partial charge in [-0.3, -0.25) is 9.59 Å². The first-order valence-electron chi connectivity index (χ1n) is 7.40. The summed E-state index contributed by atoms with van der Waals surface area (Å²) in [4.78, 5) is 24.6. The van der Waals surface area contributed by atoms with Crippen LogP contribution in [-0.4, -0.2) is 23.8 Å². The van der Waals surface area contributed by atoms with E-state index in [0.717, 1.165) is 0 Å². The lowest BCUT2D eigenvalue weighted by Crippen LogP contribution is -2.42. The van der Waals surface area contributed by atoms with Crippen molar-refractivity contribution in [2.24, 2.45) is 16.7 Å². The third kappa shape index (κ3) is 2.40. The first kappa shape index (κ1) is 15.2. The van der Waals surface area contributed by atoms with E-state index in [2.05, 4.69) is 6.07 Å². The molecule has 2 atom stereocenters. The minimum absolute atomic E-state index is 0.0184. The van der Waals surface area contributed by atoms with Crippen LogP contribution in [0.1, 0.15) is 53.4 Å². The van der Waals surface area contributed by atoms with Crippen LogP contribution in [-0.2, 0) is 14.3 Å². The van der Waals surface area contributed by atoms with Crippen molar-refractivity contribution in [2.45, 2.75) is 65.6 Å². The second-order valence-electron chi connectivity index (χ2n) is 6.99. The topological polar surface area (TPSA) is 67.2 Å². The van der Waals surface area contributed by atoms with E-state index in [1.807, 2.05) is 27.7 Å². The maximum absolute atomic E-state index is 12.6. The van der Waals surface area contributed by atoms with Crippen molar-refractivity contribution in [2.75, 3.05) is 0 Å². The highest BCUT2D eigenvalue weighted by Crippen LogP contribution is 2.52. The Balaban J connectivity index is 2.07. The molecule has 1 heterocycles. The van der Waals surface area contributed by atoms with Gasteiger partial charge >= 0.3 is 0 Å². The van der Waals surface area contributed by atoms with Gasteiger partial charge in [0.2, 0.25) is 0 Å². The van der Waals surface area contributed by atoms with Crippen molar-refractivity contribution in [1.82, 2.24) is 0 Å². The molecule has 2 fully saturated rings. The number of Topliss-reactive ketones (excluding diaryl/α,β-unsaturated/α-hetero) is 2. The Hall–Kier alpha value is -1.21. The summed E-state index contributed by atoms with van der Waals surface area (Å²) in [6.45, 7) is 7.42. The summed E-state index contributed by atoms with van der Waals surface area (Å²) in [7, 11) is 0. The van der Waals surface area contributed by atoms with Gasteiger partial charge in [0.05, 0.1) is 17.6 Å². The molecule has 2 aliphatic rings. The third-order valence-corrected chi connectivity index (χ3v) is 4.69. The standard InChI is InChI=1S/C16H23NO3/c1-10(2)13(18)11-5-6-12(20-11)15(3,4)14(19)16(9-17)7-8-16/h10-12H,5-8H2,1-4H3. The van der Waals surface area contributed by atoms with Crippen molar-refractivity contribution < 1.29 is 14.3 Å². The molecule has 4 heteroatoms. The molecule has 1 saturated carbocycles. The number of carbonyl (C=O) groups is 2. The van der Waals surface area contributed by atoms with E-state index in [0.29, 0.717) is 25.7 Å². The van der Waals surface area contributed by atoms with Crippen LogP contribution in [0.3, 0.4) is 0 Å². The molecule has 0 amide bonds. The van der Waals surface area contributed by atoms with Gasteiger partial charge in [0.15, 0.2) is 11.6 Å². The Morgan fingerprint density at radius 2 is 1.90 bits per heavy atom. The van der Waals surface area contributed by atoms with Crippen molar-refractivity contribution in [3.8, 4) is 6.07 Å². The van der Waals surface area contributed by atoms with Gasteiger partial charge in [-0.2, -0.15) is 5.26 Å². The predicted molar refractivity (Wildman–Crippen MR) is 73.8 cm³/mol. The maximum atomic E-state index is 12.6. The van der Waals surface area contributed by atoms with Crippen LogP contribution in [0.5, 0.6) is 0 Å². The molecule has 4 nitrogen and oxygen atoms in total. The van der Waals surface area contributed by atoms with Gasteiger partial charge in [-0.25, -0.2) is 0 Å². The quantitative estimate of drug-likeness (QED) is 0.774. The zero-order chi connectivity index (χ0) is 15.1. The molecule has 1 aliphatic carbocycles. The van der Waals surface area contributed by atoms with Crippen LogP contribution in [0.25, 0.3) is 0 Å². The van der Waals surface area contributed by atoms with Crippen LogP contribution in [0.2, 0.25) is 0 Å². The number of ether oxygens (including phenoxy) is 1. The molecule has 0 aromatic carbocycles. The van der Waals surface area contributed by atoms with E-state index in [1.165, 1.54) is 0 Å². The largest absolute Gasteiger partial charge is 0.366 e. The Labute approximate surface area is 120 Å². The molecule has 2 rings (SSSR count). The Kier molecular flexibility index (Phi) is 3.77. The number of carbonyl (C=O) groups excluding carboxylic acids is 2. The van der Waals surface area contributed by atoms with E-state index in [1.54, 1.807) is 0 Å². The van der Waals surface area contributed by atoms with Gasteiger partial charge in [0.25, 0.3) is 0 Å². The smallest absolute Gasteiger partial charge is 0.164 e. The molecule has 2 unspecified atom stereocenters. The number of nitrogens with zero attached hydrogens (tertiary/aromatic N) is 1. The van der Waals surface area contributed by atoms with Crippen molar-refractivity contribution in [3.05, 3.63) is 0 Å². The predicted octanol–water partition coefficient (Wildman–Crippen LogP) is 2.66. The summed E-state index contributed by atoms with van der Waals surface area (Å²) in [5, 5.41) is 9.18. The van der Waals surface area contributed by atoms with E-state index >= 15 is 0 Å². The van der Waals surface area contributed by atoms with Gasteiger partial charge < -0.3 is 4.74 Å². The van der Waals surface area contributed by atoms with Crippen LogP contribution in [0, 0.1) is 28.1 Å². The monoisotopic (exact) mass is 277 g/mol. The number of hydrogen-bond donors (Lipinski definition) is 0. The van der Waals surface area contributed by atoms with Gasteiger partial charge in [0, 0.05) is 5.92 Å². The fourth-order valence-corrected chi connectivity index (χ4v) is 3.03. The first-order valence-corrected chi connectivity index (χ1v) is 7.40. The van der Waals surface area contributed by atoms with Crippen LogP contribution in [0.4, 0.5) is 0 Å². The lowest BCUT2D eigenvalue weighted by atomic mass is 9.75. The number of rotatable bonds is 5. The molecule has 110 valence electrons.